The Hall–Kier alpha value is -2.44. The molecule has 0 bridgehead atoms. The molecule has 20 heavy (non-hydrogen) atoms. The first kappa shape index (κ1) is 15.6. The third-order valence-electron chi connectivity index (χ3n) is 2.04. The second-order valence-electron chi connectivity index (χ2n) is 3.41. The number of ether oxygens (including phenoxy) is 1. The lowest BCUT2D eigenvalue weighted by Crippen LogP contribution is -2.20. The highest BCUT2D eigenvalue weighted by molar-refractivity contribution is 5.71. The van der Waals surface area contributed by atoms with Crippen LogP contribution < -0.4 is 4.74 Å². The summed E-state index contributed by atoms with van der Waals surface area (Å²) < 4.78 is 65.6. The molecule has 1 rings (SSSR count). The number of rotatable bonds is 4. The molecule has 0 saturated carbocycles. The number of nitriles is 1. The monoisotopic (exact) mass is 296 g/mol. The summed E-state index contributed by atoms with van der Waals surface area (Å²) in [6, 6.07) is 1.18. The van der Waals surface area contributed by atoms with Crippen LogP contribution in [-0.4, -0.2) is 22.4 Å². The maximum Gasteiger partial charge on any atom is 0.573 e. The lowest BCUT2D eigenvalue weighted by atomic mass is 10.1. The fourth-order valence-corrected chi connectivity index (χ4v) is 1.39. The third-order valence-corrected chi connectivity index (χ3v) is 2.04. The molecule has 1 N–H and O–H groups in total. The fraction of sp³-hybridized carbons (Fsp3) is 0.300. The molecular formula is C10H5F5N2O3. The van der Waals surface area contributed by atoms with Crippen LogP contribution in [0.2, 0.25) is 0 Å². The number of carbonyl (C=O) groups is 1. The predicted octanol–water partition coefficient (Wildman–Crippen LogP) is 2.42. The van der Waals surface area contributed by atoms with Crippen LogP contribution >= 0.6 is 0 Å². The largest absolute Gasteiger partial charge is 0.573 e. The van der Waals surface area contributed by atoms with Crippen LogP contribution in [0.15, 0.2) is 6.20 Å². The molecule has 10 heteroatoms. The summed E-state index contributed by atoms with van der Waals surface area (Å²) in [4.78, 5) is 13.7. The minimum atomic E-state index is -5.32. The van der Waals surface area contributed by atoms with Gasteiger partial charge in [0.15, 0.2) is 11.4 Å². The van der Waals surface area contributed by atoms with Crippen molar-refractivity contribution in [2.24, 2.45) is 0 Å². The van der Waals surface area contributed by atoms with Crippen LogP contribution in [-0.2, 0) is 11.2 Å². The minimum Gasteiger partial charge on any atom is -0.481 e. The molecule has 0 aromatic carbocycles. The number of nitrogens with zero attached hydrogens (tertiary/aromatic N) is 2. The van der Waals surface area contributed by atoms with Gasteiger partial charge in [-0.1, -0.05) is 0 Å². The Labute approximate surface area is 108 Å². The van der Waals surface area contributed by atoms with E-state index in [2.05, 4.69) is 9.72 Å². The Bertz CT molecular complexity index is 565. The SMILES string of the molecule is N#Cc1ncc(CC(=O)O)c(C(F)F)c1OC(F)(F)F. The van der Waals surface area contributed by atoms with Gasteiger partial charge in [-0.2, -0.15) is 5.26 Å². The number of hydrogen-bond donors (Lipinski definition) is 1. The van der Waals surface area contributed by atoms with E-state index in [0.717, 1.165) is 0 Å². The van der Waals surface area contributed by atoms with Crippen molar-refractivity contribution in [1.29, 1.82) is 5.26 Å². The van der Waals surface area contributed by atoms with Crippen LogP contribution in [0.25, 0.3) is 0 Å². The molecule has 1 aromatic heterocycles. The molecule has 5 nitrogen and oxygen atoms in total. The van der Waals surface area contributed by atoms with E-state index >= 15 is 0 Å². The number of carboxylic acid groups (broad SMARTS) is 1. The van der Waals surface area contributed by atoms with Gasteiger partial charge in [-0.3, -0.25) is 4.79 Å². The van der Waals surface area contributed by atoms with Crippen molar-refractivity contribution in [1.82, 2.24) is 4.98 Å². The van der Waals surface area contributed by atoms with Gasteiger partial charge in [0.2, 0.25) is 0 Å². The van der Waals surface area contributed by atoms with Crippen molar-refractivity contribution in [2.75, 3.05) is 0 Å². The molecule has 108 valence electrons. The van der Waals surface area contributed by atoms with E-state index in [0.29, 0.717) is 6.20 Å². The number of carboxylic acids is 1. The summed E-state index contributed by atoms with van der Waals surface area (Å²) in [6.07, 6.45) is -9.15. The molecule has 0 spiro atoms. The highest BCUT2D eigenvalue weighted by atomic mass is 19.4. The van der Waals surface area contributed by atoms with E-state index < -0.39 is 47.7 Å². The fourth-order valence-electron chi connectivity index (χ4n) is 1.39. The topological polar surface area (TPSA) is 83.2 Å². The molecular weight excluding hydrogens is 291 g/mol. The molecule has 0 atom stereocenters. The standard InChI is InChI=1S/C10H5F5N2O3/c11-9(12)7-4(1-6(18)19)3-17-5(2-16)8(7)20-10(13,14)15/h3,9H,1H2,(H,18,19). The first-order chi connectivity index (χ1) is 9.15. The van der Waals surface area contributed by atoms with Crippen molar-refractivity contribution < 1.29 is 36.6 Å². The van der Waals surface area contributed by atoms with E-state index in [4.69, 9.17) is 10.4 Å². The van der Waals surface area contributed by atoms with Gasteiger partial charge in [-0.15, -0.1) is 13.2 Å². The maximum atomic E-state index is 12.9. The Kier molecular flexibility index (Phi) is 4.44. The van der Waals surface area contributed by atoms with Gasteiger partial charge in [0.05, 0.1) is 12.0 Å². The van der Waals surface area contributed by atoms with Crippen LogP contribution in [0.1, 0.15) is 23.2 Å². The third kappa shape index (κ3) is 3.78. The number of pyridine rings is 1. The average Bonchev–Trinajstić information content (AvgIpc) is 2.25. The smallest absolute Gasteiger partial charge is 0.481 e. The molecule has 0 radical (unpaired) electrons. The van der Waals surface area contributed by atoms with Crippen LogP contribution in [0.3, 0.4) is 0 Å². The first-order valence-corrected chi connectivity index (χ1v) is 4.83. The summed E-state index contributed by atoms with van der Waals surface area (Å²) in [5, 5.41) is 17.1. The minimum absolute atomic E-state index is 0.609. The van der Waals surface area contributed by atoms with E-state index in [1.165, 1.54) is 6.07 Å². The van der Waals surface area contributed by atoms with Crippen molar-refractivity contribution in [2.45, 2.75) is 19.2 Å². The Morgan fingerprint density at radius 1 is 1.50 bits per heavy atom. The Morgan fingerprint density at radius 2 is 2.10 bits per heavy atom. The number of aliphatic carboxylic acids is 1. The maximum absolute atomic E-state index is 12.9. The van der Waals surface area contributed by atoms with Gasteiger partial charge in [-0.25, -0.2) is 13.8 Å². The summed E-state index contributed by atoms with van der Waals surface area (Å²) >= 11 is 0. The zero-order valence-corrected chi connectivity index (χ0v) is 9.41. The molecule has 0 saturated heterocycles. The van der Waals surface area contributed by atoms with Gasteiger partial charge < -0.3 is 9.84 Å². The summed E-state index contributed by atoms with van der Waals surface area (Å²) in [5.41, 5.74) is -2.98. The molecule has 0 fully saturated rings. The normalized spacial score (nSPS) is 11.2. The quantitative estimate of drug-likeness (QED) is 0.863. The molecule has 0 unspecified atom stereocenters. The second kappa shape index (κ2) is 5.68. The van der Waals surface area contributed by atoms with Gasteiger partial charge in [0.1, 0.15) is 6.07 Å². The van der Waals surface area contributed by atoms with Crippen molar-refractivity contribution >= 4 is 5.97 Å². The average molecular weight is 296 g/mol. The van der Waals surface area contributed by atoms with Crippen molar-refractivity contribution in [3.05, 3.63) is 23.0 Å². The number of aromatic nitrogens is 1. The van der Waals surface area contributed by atoms with Crippen LogP contribution in [0.5, 0.6) is 5.75 Å². The zero-order chi connectivity index (χ0) is 15.5. The highest BCUT2D eigenvalue weighted by Gasteiger charge is 2.36. The molecule has 0 aliphatic heterocycles. The van der Waals surface area contributed by atoms with Crippen LogP contribution in [0, 0.1) is 11.3 Å². The second-order valence-corrected chi connectivity index (χ2v) is 3.41. The van der Waals surface area contributed by atoms with Crippen molar-refractivity contribution in [3.8, 4) is 11.8 Å². The van der Waals surface area contributed by atoms with E-state index in [1.54, 1.807) is 0 Å². The van der Waals surface area contributed by atoms with E-state index in [1.807, 2.05) is 0 Å². The number of hydrogen-bond acceptors (Lipinski definition) is 4. The Morgan fingerprint density at radius 3 is 2.50 bits per heavy atom. The van der Waals surface area contributed by atoms with Gasteiger partial charge in [0, 0.05) is 6.20 Å². The van der Waals surface area contributed by atoms with Crippen molar-refractivity contribution in [3.63, 3.8) is 0 Å². The van der Waals surface area contributed by atoms with Gasteiger partial charge in [-0.05, 0) is 5.56 Å². The predicted molar refractivity (Wildman–Crippen MR) is 51.9 cm³/mol. The molecule has 1 heterocycles. The molecule has 1 aromatic rings. The van der Waals surface area contributed by atoms with Gasteiger partial charge >= 0.3 is 12.3 Å². The summed E-state index contributed by atoms with van der Waals surface area (Å²) in [7, 11) is 0. The zero-order valence-electron chi connectivity index (χ0n) is 9.41. The van der Waals surface area contributed by atoms with Crippen LogP contribution in [0.4, 0.5) is 22.0 Å². The lowest BCUT2D eigenvalue weighted by Gasteiger charge is -2.16. The summed E-state index contributed by atoms with van der Waals surface area (Å²) in [5.74, 6) is -3.02. The highest BCUT2D eigenvalue weighted by Crippen LogP contribution is 2.37. The van der Waals surface area contributed by atoms with Gasteiger partial charge in [0.25, 0.3) is 6.43 Å². The Balaban J connectivity index is 3.49. The summed E-state index contributed by atoms with van der Waals surface area (Å²) in [6.45, 7) is 0. The molecule has 0 amide bonds. The molecule has 0 aliphatic rings. The van der Waals surface area contributed by atoms with E-state index in [-0.39, 0.29) is 0 Å². The van der Waals surface area contributed by atoms with E-state index in [9.17, 15) is 26.7 Å². The molecule has 0 aliphatic carbocycles. The lowest BCUT2D eigenvalue weighted by molar-refractivity contribution is -0.275. The number of halogens is 5. The first-order valence-electron chi connectivity index (χ1n) is 4.83. The number of alkyl halides is 5.